The fourth-order valence-electron chi connectivity index (χ4n) is 5.05. The summed E-state index contributed by atoms with van der Waals surface area (Å²) in [6, 6.07) is 8.69. The average molecular weight is 606 g/mol. The lowest BCUT2D eigenvalue weighted by molar-refractivity contribution is 0.170. The van der Waals surface area contributed by atoms with Crippen LogP contribution in [-0.4, -0.2) is 45.1 Å². The molecule has 196 valence electrons. The Balaban J connectivity index is 1.39. The molecule has 4 aromatic rings. The SMILES string of the molecule is CC1(C)CC(Nc2cc(Nc3ccc(S(=O)(=O)Nc4nccs4)cc3)n3ncc(Br)c3n2)CC(C)(C)N1. The van der Waals surface area contributed by atoms with Crippen LogP contribution in [0.25, 0.3) is 5.65 Å². The molecule has 0 aliphatic carbocycles. The van der Waals surface area contributed by atoms with Crippen molar-refractivity contribution in [1.82, 2.24) is 24.9 Å². The van der Waals surface area contributed by atoms with Gasteiger partial charge in [0.2, 0.25) is 0 Å². The molecule has 1 aliphatic heterocycles. The van der Waals surface area contributed by atoms with E-state index in [9.17, 15) is 8.42 Å². The Hall–Kier alpha value is -2.74. The van der Waals surface area contributed by atoms with Crippen LogP contribution in [0.15, 0.2) is 57.5 Å². The first-order valence-corrected chi connectivity index (χ1v) is 14.9. The second kappa shape index (κ2) is 9.53. The molecular formula is C24H29BrN8O2S2. The van der Waals surface area contributed by atoms with Crippen LogP contribution in [0.2, 0.25) is 0 Å². The van der Waals surface area contributed by atoms with E-state index in [-0.39, 0.29) is 22.0 Å². The smallest absolute Gasteiger partial charge is 0.263 e. The van der Waals surface area contributed by atoms with Crippen LogP contribution in [-0.2, 0) is 10.0 Å². The molecule has 1 aliphatic rings. The number of hydrogen-bond acceptors (Lipinski definition) is 9. The zero-order valence-corrected chi connectivity index (χ0v) is 24.1. The summed E-state index contributed by atoms with van der Waals surface area (Å²) in [4.78, 5) is 8.93. The van der Waals surface area contributed by atoms with Crippen molar-refractivity contribution in [3.05, 3.63) is 52.6 Å². The van der Waals surface area contributed by atoms with Crippen molar-refractivity contribution in [2.75, 3.05) is 15.4 Å². The summed E-state index contributed by atoms with van der Waals surface area (Å²) in [7, 11) is -3.73. The second-order valence-corrected chi connectivity index (χ2v) is 13.9. The number of benzene rings is 1. The van der Waals surface area contributed by atoms with E-state index in [1.807, 2.05) is 6.07 Å². The van der Waals surface area contributed by atoms with E-state index in [1.165, 1.54) is 11.3 Å². The molecule has 0 saturated carbocycles. The lowest BCUT2D eigenvalue weighted by Crippen LogP contribution is -2.60. The number of nitrogens with zero attached hydrogens (tertiary/aromatic N) is 4. The third-order valence-electron chi connectivity index (χ3n) is 6.06. The Morgan fingerprint density at radius 3 is 2.49 bits per heavy atom. The van der Waals surface area contributed by atoms with E-state index in [0.29, 0.717) is 22.3 Å². The predicted molar refractivity (Wildman–Crippen MR) is 151 cm³/mol. The lowest BCUT2D eigenvalue weighted by Gasteiger charge is -2.46. The Kier molecular flexibility index (Phi) is 6.67. The van der Waals surface area contributed by atoms with Crippen LogP contribution in [0.5, 0.6) is 0 Å². The van der Waals surface area contributed by atoms with Gasteiger partial charge in [0.15, 0.2) is 10.8 Å². The van der Waals surface area contributed by atoms with Gasteiger partial charge in [-0.1, -0.05) is 0 Å². The van der Waals surface area contributed by atoms with E-state index in [2.05, 4.69) is 74.4 Å². The van der Waals surface area contributed by atoms with Gasteiger partial charge in [-0.25, -0.2) is 18.4 Å². The van der Waals surface area contributed by atoms with Gasteiger partial charge in [0.05, 0.1) is 15.6 Å². The molecular weight excluding hydrogens is 576 g/mol. The Bertz CT molecular complexity index is 1500. The Morgan fingerprint density at radius 2 is 1.84 bits per heavy atom. The topological polar surface area (TPSA) is 125 Å². The van der Waals surface area contributed by atoms with Crippen molar-refractivity contribution in [2.45, 2.75) is 62.6 Å². The van der Waals surface area contributed by atoms with Crippen molar-refractivity contribution in [1.29, 1.82) is 0 Å². The number of hydrogen-bond donors (Lipinski definition) is 4. The molecule has 1 saturated heterocycles. The van der Waals surface area contributed by atoms with Gasteiger partial charge in [-0.2, -0.15) is 9.61 Å². The minimum atomic E-state index is -3.73. The summed E-state index contributed by atoms with van der Waals surface area (Å²) < 4.78 is 30.3. The van der Waals surface area contributed by atoms with E-state index < -0.39 is 10.0 Å². The Labute approximate surface area is 228 Å². The van der Waals surface area contributed by atoms with Crippen molar-refractivity contribution in [2.24, 2.45) is 0 Å². The standard InChI is InChI=1S/C24H29BrN8O2S2/c1-23(2)12-16(13-24(3,4)32-23)28-19-11-20(33-21(30-19)18(25)14-27-33)29-15-5-7-17(8-6-15)37(34,35)31-22-26-9-10-36-22/h5-11,14,16,29,32H,12-13H2,1-4H3,(H,26,31)(H,28,30). The molecule has 1 fully saturated rings. The first-order valence-electron chi connectivity index (χ1n) is 11.8. The average Bonchev–Trinajstić information content (AvgIpc) is 3.42. The minimum Gasteiger partial charge on any atom is -0.367 e. The largest absolute Gasteiger partial charge is 0.367 e. The number of nitrogens with one attached hydrogen (secondary N) is 4. The molecule has 0 radical (unpaired) electrons. The van der Waals surface area contributed by atoms with Gasteiger partial charge in [-0.05, 0) is 80.7 Å². The molecule has 4 N–H and O–H groups in total. The van der Waals surface area contributed by atoms with Crippen molar-refractivity contribution < 1.29 is 8.42 Å². The van der Waals surface area contributed by atoms with Crippen LogP contribution in [0, 0.1) is 0 Å². The zero-order valence-electron chi connectivity index (χ0n) is 20.9. The van der Waals surface area contributed by atoms with Gasteiger partial charge < -0.3 is 16.0 Å². The molecule has 1 aromatic carbocycles. The number of rotatable bonds is 7. The predicted octanol–water partition coefficient (Wildman–Crippen LogP) is 5.21. The molecule has 13 heteroatoms. The highest BCUT2D eigenvalue weighted by molar-refractivity contribution is 9.10. The fraction of sp³-hybridized carbons (Fsp3) is 0.375. The van der Waals surface area contributed by atoms with Gasteiger partial charge in [0, 0.05) is 40.5 Å². The maximum Gasteiger partial charge on any atom is 0.263 e. The van der Waals surface area contributed by atoms with E-state index >= 15 is 0 Å². The van der Waals surface area contributed by atoms with Crippen molar-refractivity contribution >= 4 is 65.4 Å². The molecule has 4 heterocycles. The molecule has 3 aromatic heterocycles. The maximum absolute atomic E-state index is 12.7. The van der Waals surface area contributed by atoms with Crippen LogP contribution in [0.1, 0.15) is 40.5 Å². The van der Waals surface area contributed by atoms with E-state index in [4.69, 9.17) is 4.98 Å². The summed E-state index contributed by atoms with van der Waals surface area (Å²) >= 11 is 4.77. The summed E-state index contributed by atoms with van der Waals surface area (Å²) in [5.74, 6) is 1.43. The highest BCUT2D eigenvalue weighted by Gasteiger charge is 2.37. The van der Waals surface area contributed by atoms with Crippen LogP contribution >= 0.6 is 27.3 Å². The molecule has 0 atom stereocenters. The number of sulfonamides is 1. The first kappa shape index (κ1) is 25.9. The summed E-state index contributed by atoms with van der Waals surface area (Å²) in [5, 5.41) is 17.2. The minimum absolute atomic E-state index is 0.00169. The number of aromatic nitrogens is 4. The van der Waals surface area contributed by atoms with Gasteiger partial charge in [0.1, 0.15) is 11.6 Å². The number of thiazole rings is 1. The van der Waals surface area contributed by atoms with Gasteiger partial charge in [0.25, 0.3) is 10.0 Å². The van der Waals surface area contributed by atoms with Gasteiger partial charge >= 0.3 is 0 Å². The van der Waals surface area contributed by atoms with Crippen LogP contribution in [0.4, 0.5) is 22.5 Å². The van der Waals surface area contributed by atoms with Crippen molar-refractivity contribution in [3.8, 4) is 0 Å². The fourth-order valence-corrected chi connectivity index (χ4v) is 7.18. The van der Waals surface area contributed by atoms with Crippen molar-refractivity contribution in [3.63, 3.8) is 0 Å². The normalized spacial score (nSPS) is 17.5. The highest BCUT2D eigenvalue weighted by atomic mass is 79.9. The van der Waals surface area contributed by atoms with E-state index in [0.717, 1.165) is 23.1 Å². The molecule has 0 bridgehead atoms. The van der Waals surface area contributed by atoms with E-state index in [1.54, 1.807) is 46.6 Å². The third-order valence-corrected chi connectivity index (χ3v) is 8.79. The number of fused-ring (bicyclic) bond motifs is 1. The zero-order chi connectivity index (χ0) is 26.4. The van der Waals surface area contributed by atoms with Gasteiger partial charge in [-0.15, -0.1) is 11.3 Å². The molecule has 37 heavy (non-hydrogen) atoms. The van der Waals surface area contributed by atoms with Crippen LogP contribution in [0.3, 0.4) is 0 Å². The number of piperidine rings is 1. The molecule has 10 nitrogen and oxygen atoms in total. The molecule has 5 rings (SSSR count). The van der Waals surface area contributed by atoms with Crippen LogP contribution < -0.4 is 20.7 Å². The number of anilines is 4. The second-order valence-electron chi connectivity index (χ2n) is 10.5. The Morgan fingerprint density at radius 1 is 1.14 bits per heavy atom. The number of halogens is 1. The van der Waals surface area contributed by atoms with Gasteiger partial charge in [-0.3, -0.25) is 4.72 Å². The lowest BCUT2D eigenvalue weighted by atomic mass is 9.79. The molecule has 0 unspecified atom stereocenters. The summed E-state index contributed by atoms with van der Waals surface area (Å²) in [6.45, 7) is 8.87. The molecule has 0 spiro atoms. The highest BCUT2D eigenvalue weighted by Crippen LogP contribution is 2.32. The first-order chi connectivity index (χ1) is 17.4. The summed E-state index contributed by atoms with van der Waals surface area (Å²) in [6.07, 6.45) is 5.16. The third kappa shape index (κ3) is 5.89. The summed E-state index contributed by atoms with van der Waals surface area (Å²) in [5.41, 5.74) is 1.38. The maximum atomic E-state index is 12.7. The monoisotopic (exact) mass is 604 g/mol. The quantitative estimate of drug-likeness (QED) is 0.226. The molecule has 0 amide bonds.